The quantitative estimate of drug-likeness (QED) is 0.481. The van der Waals surface area contributed by atoms with Crippen LogP contribution in [-0.4, -0.2) is 64.6 Å². The molecule has 2 aliphatic heterocycles. The zero-order valence-electron chi connectivity index (χ0n) is 21.4. The van der Waals surface area contributed by atoms with Gasteiger partial charge in [-0.2, -0.15) is 13.2 Å². The Kier molecular flexibility index (Phi) is 7.63. The minimum Gasteiger partial charge on any atom is -0.377 e. The average Bonchev–Trinajstić information content (AvgIpc) is 3.61. The molecule has 2 saturated heterocycles. The molecule has 4 heterocycles. The Labute approximate surface area is 223 Å². The summed E-state index contributed by atoms with van der Waals surface area (Å²) >= 11 is 0.788. The van der Waals surface area contributed by atoms with E-state index in [-0.39, 0.29) is 45.1 Å². The number of pyridine rings is 1. The van der Waals surface area contributed by atoms with Crippen LogP contribution in [-0.2, 0) is 10.9 Å². The second-order valence-electron chi connectivity index (χ2n) is 10.4. The van der Waals surface area contributed by atoms with Gasteiger partial charge in [-0.1, -0.05) is 6.92 Å². The molecular weight excluding hydrogens is 519 g/mol. The lowest BCUT2D eigenvalue weighted by Crippen LogP contribution is -2.48. The summed E-state index contributed by atoms with van der Waals surface area (Å²) in [6.45, 7) is 5.12. The molecular formula is C26H32F3N5O3S. The number of nitrogens with one attached hydrogen (secondary N) is 2. The number of ether oxygens (including phenoxy) is 1. The maximum atomic E-state index is 14.4. The van der Waals surface area contributed by atoms with Gasteiger partial charge in [-0.3, -0.25) is 9.59 Å². The number of likely N-dealkylation sites (tertiary alicyclic amines) is 1. The highest BCUT2D eigenvalue weighted by atomic mass is 32.1. The van der Waals surface area contributed by atoms with Gasteiger partial charge in [0.25, 0.3) is 11.8 Å². The first kappa shape index (κ1) is 26.9. The van der Waals surface area contributed by atoms with Crippen LogP contribution in [0.2, 0.25) is 0 Å². The van der Waals surface area contributed by atoms with Gasteiger partial charge in [-0.15, -0.1) is 11.3 Å². The molecule has 0 radical (unpaired) electrons. The number of anilines is 1. The van der Waals surface area contributed by atoms with Gasteiger partial charge in [0, 0.05) is 30.4 Å². The molecule has 2 N–H and O–H groups in total. The van der Waals surface area contributed by atoms with Gasteiger partial charge >= 0.3 is 6.18 Å². The van der Waals surface area contributed by atoms with Crippen LogP contribution in [0.3, 0.4) is 0 Å². The Bertz CT molecular complexity index is 1200. The number of piperidine rings is 1. The van der Waals surface area contributed by atoms with E-state index in [9.17, 15) is 22.8 Å². The van der Waals surface area contributed by atoms with Crippen LogP contribution in [0, 0.1) is 5.92 Å². The van der Waals surface area contributed by atoms with Crippen LogP contribution >= 0.6 is 11.3 Å². The number of alkyl halides is 3. The summed E-state index contributed by atoms with van der Waals surface area (Å²) in [5, 5.41) is 5.86. The van der Waals surface area contributed by atoms with Crippen LogP contribution in [0.4, 0.5) is 19.0 Å². The molecule has 0 bridgehead atoms. The largest absolute Gasteiger partial charge is 0.417 e. The maximum absolute atomic E-state index is 14.4. The number of hydrogen-bond donors (Lipinski definition) is 2. The van der Waals surface area contributed by atoms with E-state index in [4.69, 9.17) is 4.74 Å². The molecule has 0 unspecified atom stereocenters. The number of rotatable bonds is 8. The third-order valence-corrected chi connectivity index (χ3v) is 8.57. The van der Waals surface area contributed by atoms with Gasteiger partial charge in [0.15, 0.2) is 5.01 Å². The second kappa shape index (κ2) is 10.8. The fourth-order valence-electron chi connectivity index (χ4n) is 5.04. The van der Waals surface area contributed by atoms with Gasteiger partial charge in [0.05, 0.1) is 29.7 Å². The van der Waals surface area contributed by atoms with E-state index in [2.05, 4.69) is 20.6 Å². The van der Waals surface area contributed by atoms with Crippen LogP contribution in [0.1, 0.15) is 78.2 Å². The fourth-order valence-corrected chi connectivity index (χ4v) is 6.02. The summed E-state index contributed by atoms with van der Waals surface area (Å²) in [7, 11) is 0. The van der Waals surface area contributed by atoms with Crippen molar-refractivity contribution in [1.29, 1.82) is 0 Å². The van der Waals surface area contributed by atoms with Crippen LogP contribution in [0.5, 0.6) is 0 Å². The first-order valence-corrected chi connectivity index (χ1v) is 14.0. The average molecular weight is 552 g/mol. The van der Waals surface area contributed by atoms with E-state index in [1.807, 2.05) is 13.8 Å². The molecule has 12 heteroatoms. The van der Waals surface area contributed by atoms with Crippen molar-refractivity contribution in [3.63, 3.8) is 0 Å². The summed E-state index contributed by atoms with van der Waals surface area (Å²) in [5.41, 5.74) is -1.31. The van der Waals surface area contributed by atoms with Crippen molar-refractivity contribution in [1.82, 2.24) is 20.2 Å². The number of halogens is 3. The Hall–Kier alpha value is -2.73. The topological polar surface area (TPSA) is 96.4 Å². The Morgan fingerprint density at radius 2 is 2.00 bits per heavy atom. The molecule has 0 spiro atoms. The SMILES string of the molecule is CC[C@H](Nc1cc(C(F)(F)F)c(-c2sc(C(=O)NC3COC3)nc2C(=O)N2CCCC[C@@H]2C)cn1)C1CC1. The highest BCUT2D eigenvalue weighted by molar-refractivity contribution is 7.17. The van der Waals surface area contributed by atoms with Crippen molar-refractivity contribution >= 4 is 29.0 Å². The maximum Gasteiger partial charge on any atom is 0.417 e. The van der Waals surface area contributed by atoms with Crippen molar-refractivity contribution in [3.8, 4) is 10.4 Å². The minimum absolute atomic E-state index is 0.00314. The van der Waals surface area contributed by atoms with Crippen molar-refractivity contribution in [2.75, 3.05) is 25.1 Å². The second-order valence-corrected chi connectivity index (χ2v) is 11.4. The molecule has 2 aromatic rings. The molecule has 2 atom stereocenters. The molecule has 2 amide bonds. The zero-order chi connectivity index (χ0) is 27.0. The van der Waals surface area contributed by atoms with E-state index in [0.717, 1.165) is 62.1 Å². The summed E-state index contributed by atoms with van der Waals surface area (Å²) in [4.78, 5) is 36.8. The standard InChI is InChI=1S/C26H32F3N5O3S/c1-3-19(15-7-8-15)32-20-10-18(26(27,28)29)17(11-30-20)22-21(25(36)34-9-5-4-6-14(34)2)33-24(38-22)23(35)31-16-12-37-13-16/h10-11,14-16,19H,3-9,12-13H2,1-2H3,(H,30,32)(H,31,35)/t14-,19-/m0/s1. The summed E-state index contributed by atoms with van der Waals surface area (Å²) in [5.74, 6) is -0.421. The lowest BCUT2D eigenvalue weighted by molar-refractivity contribution is -0.137. The van der Waals surface area contributed by atoms with E-state index < -0.39 is 23.6 Å². The molecule has 3 aliphatic rings. The fraction of sp³-hybridized carbons (Fsp3) is 0.615. The van der Waals surface area contributed by atoms with Crippen molar-refractivity contribution in [2.45, 2.75) is 76.7 Å². The predicted molar refractivity (Wildman–Crippen MR) is 137 cm³/mol. The Morgan fingerprint density at radius 1 is 1.24 bits per heavy atom. The monoisotopic (exact) mass is 551 g/mol. The zero-order valence-corrected chi connectivity index (χ0v) is 22.3. The molecule has 8 nitrogen and oxygen atoms in total. The smallest absolute Gasteiger partial charge is 0.377 e. The minimum atomic E-state index is -4.70. The number of thiazole rings is 1. The highest BCUT2D eigenvalue weighted by Gasteiger charge is 2.39. The molecule has 1 aliphatic carbocycles. The van der Waals surface area contributed by atoms with E-state index in [0.29, 0.717) is 25.7 Å². The first-order chi connectivity index (χ1) is 18.2. The van der Waals surface area contributed by atoms with Gasteiger partial charge in [0.1, 0.15) is 11.5 Å². The molecule has 38 heavy (non-hydrogen) atoms. The molecule has 0 aromatic carbocycles. The Balaban J connectivity index is 1.55. The summed E-state index contributed by atoms with van der Waals surface area (Å²) < 4.78 is 48.2. The lowest BCUT2D eigenvalue weighted by Gasteiger charge is -2.33. The number of carbonyl (C=O) groups is 2. The normalized spacial score (nSPS) is 21.1. The number of aromatic nitrogens is 2. The van der Waals surface area contributed by atoms with Gasteiger partial charge in [0.2, 0.25) is 0 Å². The van der Waals surface area contributed by atoms with Gasteiger partial charge < -0.3 is 20.3 Å². The Morgan fingerprint density at radius 3 is 2.61 bits per heavy atom. The van der Waals surface area contributed by atoms with Crippen LogP contribution in [0.15, 0.2) is 12.3 Å². The molecule has 1 saturated carbocycles. The van der Waals surface area contributed by atoms with Crippen molar-refractivity contribution in [3.05, 3.63) is 28.5 Å². The summed E-state index contributed by atoms with van der Waals surface area (Å²) in [6, 6.07) is 0.798. The predicted octanol–water partition coefficient (Wildman–Crippen LogP) is 4.97. The highest BCUT2D eigenvalue weighted by Crippen LogP contribution is 2.42. The van der Waals surface area contributed by atoms with Gasteiger partial charge in [-0.05, 0) is 57.4 Å². The van der Waals surface area contributed by atoms with Crippen molar-refractivity contribution < 1.29 is 27.5 Å². The molecule has 3 fully saturated rings. The third kappa shape index (κ3) is 5.66. The third-order valence-electron chi connectivity index (χ3n) is 7.48. The van der Waals surface area contributed by atoms with Gasteiger partial charge in [-0.25, -0.2) is 9.97 Å². The van der Waals surface area contributed by atoms with Crippen LogP contribution in [0.25, 0.3) is 10.4 Å². The number of carbonyl (C=O) groups excluding carboxylic acids is 2. The van der Waals surface area contributed by atoms with E-state index in [1.165, 1.54) is 0 Å². The number of amides is 2. The molecule has 5 rings (SSSR count). The summed E-state index contributed by atoms with van der Waals surface area (Å²) in [6.07, 6.45) is 1.91. The van der Waals surface area contributed by atoms with E-state index >= 15 is 0 Å². The van der Waals surface area contributed by atoms with Crippen LogP contribution < -0.4 is 10.6 Å². The molecule has 2 aromatic heterocycles. The van der Waals surface area contributed by atoms with Crippen molar-refractivity contribution in [2.24, 2.45) is 5.92 Å². The molecule has 206 valence electrons. The number of nitrogens with zero attached hydrogens (tertiary/aromatic N) is 3. The first-order valence-electron chi connectivity index (χ1n) is 13.2. The number of hydrogen-bond acceptors (Lipinski definition) is 7. The van der Waals surface area contributed by atoms with E-state index in [1.54, 1.807) is 4.90 Å². The lowest BCUT2D eigenvalue weighted by atomic mass is 10.0.